The van der Waals surface area contributed by atoms with E-state index in [4.69, 9.17) is 5.11 Å². The average molecular weight is 143 g/mol. The van der Waals surface area contributed by atoms with E-state index < -0.39 is 0 Å². The van der Waals surface area contributed by atoms with Gasteiger partial charge in [0, 0.05) is 13.1 Å². The molecular weight excluding hydrogens is 126 g/mol. The quantitative estimate of drug-likeness (QED) is 0.577. The summed E-state index contributed by atoms with van der Waals surface area (Å²) in [6.07, 6.45) is 1.62. The number of aliphatic hydroxyl groups excluding tert-OH is 1. The molecule has 0 unspecified atom stereocenters. The van der Waals surface area contributed by atoms with Gasteiger partial charge in [0.15, 0.2) is 0 Å². The number of nitrogens with zero attached hydrogens (tertiary/aromatic N) is 1. The SMILES string of the molecule is C=CCN(CC)C[C@@H](C)O. The normalized spacial score (nSPS) is 13.6. The van der Waals surface area contributed by atoms with Crippen LogP contribution in [0, 0.1) is 0 Å². The largest absolute Gasteiger partial charge is 0.392 e. The van der Waals surface area contributed by atoms with Gasteiger partial charge >= 0.3 is 0 Å². The maximum atomic E-state index is 9.00. The Hall–Kier alpha value is -0.340. The lowest BCUT2D eigenvalue weighted by Crippen LogP contribution is -2.30. The third-order valence-corrected chi connectivity index (χ3v) is 1.36. The summed E-state index contributed by atoms with van der Waals surface area (Å²) in [6.45, 7) is 10.1. The summed E-state index contributed by atoms with van der Waals surface area (Å²) in [5.74, 6) is 0. The molecule has 0 aromatic heterocycles. The van der Waals surface area contributed by atoms with E-state index in [0.29, 0.717) is 0 Å². The van der Waals surface area contributed by atoms with Gasteiger partial charge in [0.2, 0.25) is 0 Å². The Kier molecular flexibility index (Phi) is 5.26. The minimum absolute atomic E-state index is 0.236. The van der Waals surface area contributed by atoms with Gasteiger partial charge in [-0.25, -0.2) is 0 Å². The molecule has 0 fully saturated rings. The van der Waals surface area contributed by atoms with Gasteiger partial charge in [-0.05, 0) is 13.5 Å². The van der Waals surface area contributed by atoms with Crippen LogP contribution in [-0.2, 0) is 0 Å². The molecule has 0 rings (SSSR count). The molecule has 0 amide bonds. The molecule has 0 aliphatic rings. The van der Waals surface area contributed by atoms with Crippen LogP contribution in [0.1, 0.15) is 13.8 Å². The molecule has 0 saturated carbocycles. The summed E-state index contributed by atoms with van der Waals surface area (Å²) in [5.41, 5.74) is 0. The van der Waals surface area contributed by atoms with Gasteiger partial charge in [-0.1, -0.05) is 13.0 Å². The Balaban J connectivity index is 3.48. The second kappa shape index (κ2) is 5.45. The Labute approximate surface area is 63.2 Å². The van der Waals surface area contributed by atoms with E-state index in [1.807, 2.05) is 6.08 Å². The van der Waals surface area contributed by atoms with E-state index in [-0.39, 0.29) is 6.10 Å². The van der Waals surface area contributed by atoms with Crippen LogP contribution in [0.2, 0.25) is 0 Å². The summed E-state index contributed by atoms with van der Waals surface area (Å²) in [4.78, 5) is 2.14. The molecular formula is C8H17NO. The van der Waals surface area contributed by atoms with Crippen molar-refractivity contribution in [3.05, 3.63) is 12.7 Å². The lowest BCUT2D eigenvalue weighted by Gasteiger charge is -2.19. The summed E-state index contributed by atoms with van der Waals surface area (Å²) in [6, 6.07) is 0. The van der Waals surface area contributed by atoms with Crippen LogP contribution < -0.4 is 0 Å². The van der Waals surface area contributed by atoms with Gasteiger partial charge < -0.3 is 5.11 Å². The standard InChI is InChI=1S/C8H17NO/c1-4-6-9(5-2)7-8(3)10/h4,8,10H,1,5-7H2,2-3H3/t8-/m1/s1. The van der Waals surface area contributed by atoms with E-state index in [0.717, 1.165) is 19.6 Å². The van der Waals surface area contributed by atoms with Gasteiger partial charge in [0.25, 0.3) is 0 Å². The van der Waals surface area contributed by atoms with Crippen molar-refractivity contribution in [2.45, 2.75) is 20.0 Å². The summed E-state index contributed by atoms with van der Waals surface area (Å²) in [5, 5.41) is 9.00. The van der Waals surface area contributed by atoms with Gasteiger partial charge in [0.1, 0.15) is 0 Å². The van der Waals surface area contributed by atoms with Crippen LogP contribution in [0.4, 0.5) is 0 Å². The summed E-state index contributed by atoms with van der Waals surface area (Å²) < 4.78 is 0. The fourth-order valence-corrected chi connectivity index (χ4v) is 0.889. The third kappa shape index (κ3) is 4.53. The average Bonchev–Trinajstić information content (AvgIpc) is 1.86. The van der Waals surface area contributed by atoms with Crippen LogP contribution >= 0.6 is 0 Å². The van der Waals surface area contributed by atoms with Crippen molar-refractivity contribution in [1.82, 2.24) is 4.90 Å². The van der Waals surface area contributed by atoms with Crippen molar-refractivity contribution in [3.8, 4) is 0 Å². The van der Waals surface area contributed by atoms with Crippen molar-refractivity contribution < 1.29 is 5.11 Å². The maximum absolute atomic E-state index is 9.00. The van der Waals surface area contributed by atoms with Crippen molar-refractivity contribution in [1.29, 1.82) is 0 Å². The fraction of sp³-hybridized carbons (Fsp3) is 0.750. The van der Waals surface area contributed by atoms with Crippen LogP contribution in [0.15, 0.2) is 12.7 Å². The molecule has 0 aliphatic heterocycles. The second-order valence-electron chi connectivity index (χ2n) is 2.49. The van der Waals surface area contributed by atoms with Gasteiger partial charge in [-0.3, -0.25) is 4.90 Å². The zero-order valence-electron chi connectivity index (χ0n) is 6.88. The van der Waals surface area contributed by atoms with E-state index >= 15 is 0 Å². The summed E-state index contributed by atoms with van der Waals surface area (Å²) >= 11 is 0. The monoisotopic (exact) mass is 143 g/mol. The number of aliphatic hydroxyl groups is 1. The van der Waals surface area contributed by atoms with Crippen molar-refractivity contribution >= 4 is 0 Å². The summed E-state index contributed by atoms with van der Waals surface area (Å²) in [7, 11) is 0. The zero-order chi connectivity index (χ0) is 7.98. The first-order chi connectivity index (χ1) is 4.70. The Bertz CT molecular complexity index is 91.3. The first-order valence-corrected chi connectivity index (χ1v) is 3.72. The molecule has 1 N–H and O–H groups in total. The molecule has 2 heteroatoms. The second-order valence-corrected chi connectivity index (χ2v) is 2.49. The van der Waals surface area contributed by atoms with E-state index in [2.05, 4.69) is 18.4 Å². The minimum atomic E-state index is -0.236. The molecule has 0 aromatic rings. The highest BCUT2D eigenvalue weighted by molar-refractivity contribution is 4.73. The van der Waals surface area contributed by atoms with Crippen molar-refractivity contribution in [2.75, 3.05) is 19.6 Å². The molecule has 0 saturated heterocycles. The number of hydrogen-bond donors (Lipinski definition) is 1. The topological polar surface area (TPSA) is 23.5 Å². The Morgan fingerprint density at radius 3 is 2.60 bits per heavy atom. The highest BCUT2D eigenvalue weighted by atomic mass is 16.3. The molecule has 0 bridgehead atoms. The third-order valence-electron chi connectivity index (χ3n) is 1.36. The highest BCUT2D eigenvalue weighted by Gasteiger charge is 2.02. The Morgan fingerprint density at radius 2 is 2.30 bits per heavy atom. The molecule has 0 aromatic carbocycles. The van der Waals surface area contributed by atoms with Gasteiger partial charge in [0.05, 0.1) is 6.10 Å². The lowest BCUT2D eigenvalue weighted by molar-refractivity contribution is 0.137. The smallest absolute Gasteiger partial charge is 0.0639 e. The van der Waals surface area contributed by atoms with Crippen LogP contribution in [0.25, 0.3) is 0 Å². The van der Waals surface area contributed by atoms with Crippen LogP contribution in [0.5, 0.6) is 0 Å². The van der Waals surface area contributed by atoms with Crippen LogP contribution in [0.3, 0.4) is 0 Å². The van der Waals surface area contributed by atoms with E-state index in [9.17, 15) is 0 Å². The minimum Gasteiger partial charge on any atom is -0.392 e. The first kappa shape index (κ1) is 9.66. The molecule has 0 radical (unpaired) electrons. The predicted molar refractivity (Wildman–Crippen MR) is 44.0 cm³/mol. The number of likely N-dealkylation sites (N-methyl/N-ethyl adjacent to an activating group) is 1. The molecule has 0 spiro atoms. The van der Waals surface area contributed by atoms with E-state index in [1.165, 1.54) is 0 Å². The molecule has 60 valence electrons. The molecule has 0 aliphatic carbocycles. The molecule has 0 heterocycles. The molecule has 10 heavy (non-hydrogen) atoms. The van der Waals surface area contributed by atoms with Crippen molar-refractivity contribution in [3.63, 3.8) is 0 Å². The lowest BCUT2D eigenvalue weighted by atomic mass is 10.3. The Morgan fingerprint density at radius 1 is 1.70 bits per heavy atom. The molecule has 2 nitrogen and oxygen atoms in total. The zero-order valence-corrected chi connectivity index (χ0v) is 6.88. The fourth-order valence-electron chi connectivity index (χ4n) is 0.889. The van der Waals surface area contributed by atoms with Crippen molar-refractivity contribution in [2.24, 2.45) is 0 Å². The number of hydrogen-bond acceptors (Lipinski definition) is 2. The molecule has 1 atom stereocenters. The predicted octanol–water partition coefficient (Wildman–Crippen LogP) is 0.875. The van der Waals surface area contributed by atoms with Gasteiger partial charge in [-0.2, -0.15) is 0 Å². The highest BCUT2D eigenvalue weighted by Crippen LogP contribution is 1.90. The van der Waals surface area contributed by atoms with Crippen LogP contribution in [-0.4, -0.2) is 35.7 Å². The number of rotatable bonds is 5. The van der Waals surface area contributed by atoms with Gasteiger partial charge in [-0.15, -0.1) is 6.58 Å². The van der Waals surface area contributed by atoms with E-state index in [1.54, 1.807) is 6.92 Å². The first-order valence-electron chi connectivity index (χ1n) is 3.72. The maximum Gasteiger partial charge on any atom is 0.0639 e.